The second-order valence-electron chi connectivity index (χ2n) is 3.58. The van der Waals surface area contributed by atoms with Gasteiger partial charge in [0.2, 0.25) is 0 Å². The molecule has 0 unspecified atom stereocenters. The van der Waals surface area contributed by atoms with E-state index in [-0.39, 0.29) is 0 Å². The van der Waals surface area contributed by atoms with E-state index in [1.165, 1.54) is 5.56 Å². The van der Waals surface area contributed by atoms with E-state index in [0.29, 0.717) is 6.54 Å². The van der Waals surface area contributed by atoms with Crippen LogP contribution in [0.15, 0.2) is 34.9 Å². The average molecular weight is 202 g/mol. The Kier molecular flexibility index (Phi) is 2.83. The summed E-state index contributed by atoms with van der Waals surface area (Å²) in [6.07, 6.45) is 0.735. The number of hydrogen-bond donors (Lipinski definition) is 1. The molecule has 1 aromatic carbocycles. The van der Waals surface area contributed by atoms with Crippen LogP contribution >= 0.6 is 0 Å². The van der Waals surface area contributed by atoms with Gasteiger partial charge in [-0.25, -0.2) is 0 Å². The highest BCUT2D eigenvalue weighted by atomic mass is 16.5. The Balaban J connectivity index is 2.25. The molecule has 3 heteroatoms. The lowest BCUT2D eigenvalue weighted by Crippen LogP contribution is -2.01. The molecule has 3 nitrogen and oxygen atoms in total. The SMILES string of the molecule is Cc1ccc(-c2cc(CCN)on2)cc1. The van der Waals surface area contributed by atoms with Gasteiger partial charge in [0.1, 0.15) is 11.5 Å². The van der Waals surface area contributed by atoms with Crippen molar-refractivity contribution in [3.63, 3.8) is 0 Å². The minimum Gasteiger partial charge on any atom is -0.361 e. The smallest absolute Gasteiger partial charge is 0.138 e. The number of nitrogens with zero attached hydrogens (tertiary/aromatic N) is 1. The first-order valence-corrected chi connectivity index (χ1v) is 5.02. The summed E-state index contributed by atoms with van der Waals surface area (Å²) in [5, 5.41) is 4.00. The van der Waals surface area contributed by atoms with E-state index >= 15 is 0 Å². The summed E-state index contributed by atoms with van der Waals surface area (Å²) in [6, 6.07) is 10.1. The van der Waals surface area contributed by atoms with E-state index in [0.717, 1.165) is 23.4 Å². The summed E-state index contributed by atoms with van der Waals surface area (Å²) in [5.41, 5.74) is 8.63. The van der Waals surface area contributed by atoms with Crippen molar-refractivity contribution < 1.29 is 4.52 Å². The Labute approximate surface area is 88.9 Å². The molecule has 0 atom stereocenters. The number of hydrogen-bond acceptors (Lipinski definition) is 3. The Morgan fingerprint density at radius 2 is 2.00 bits per heavy atom. The van der Waals surface area contributed by atoms with Crippen molar-refractivity contribution in [1.82, 2.24) is 5.16 Å². The molecule has 0 bridgehead atoms. The van der Waals surface area contributed by atoms with E-state index in [4.69, 9.17) is 10.3 Å². The van der Waals surface area contributed by atoms with E-state index in [9.17, 15) is 0 Å². The molecule has 2 N–H and O–H groups in total. The summed E-state index contributed by atoms with van der Waals surface area (Å²) < 4.78 is 5.16. The Bertz CT molecular complexity index is 431. The zero-order valence-electron chi connectivity index (χ0n) is 8.73. The molecule has 0 radical (unpaired) electrons. The van der Waals surface area contributed by atoms with Crippen molar-refractivity contribution >= 4 is 0 Å². The van der Waals surface area contributed by atoms with Crippen molar-refractivity contribution in [2.75, 3.05) is 6.54 Å². The molecule has 0 saturated carbocycles. The van der Waals surface area contributed by atoms with E-state index in [1.54, 1.807) is 0 Å². The van der Waals surface area contributed by atoms with Crippen LogP contribution in [0.4, 0.5) is 0 Å². The lowest BCUT2D eigenvalue weighted by atomic mass is 10.1. The van der Waals surface area contributed by atoms with Crippen molar-refractivity contribution in [3.05, 3.63) is 41.7 Å². The highest BCUT2D eigenvalue weighted by Gasteiger charge is 2.05. The highest BCUT2D eigenvalue weighted by molar-refractivity contribution is 5.59. The van der Waals surface area contributed by atoms with Crippen LogP contribution in [0.2, 0.25) is 0 Å². The third-order valence-corrected chi connectivity index (χ3v) is 2.30. The van der Waals surface area contributed by atoms with Crippen molar-refractivity contribution in [3.8, 4) is 11.3 Å². The van der Waals surface area contributed by atoms with Crippen LogP contribution in [0.25, 0.3) is 11.3 Å². The van der Waals surface area contributed by atoms with Gasteiger partial charge in [-0.1, -0.05) is 35.0 Å². The van der Waals surface area contributed by atoms with Gasteiger partial charge in [-0.05, 0) is 13.5 Å². The normalized spacial score (nSPS) is 10.5. The topological polar surface area (TPSA) is 52.0 Å². The fourth-order valence-electron chi connectivity index (χ4n) is 1.43. The molecule has 1 aromatic heterocycles. The Morgan fingerprint density at radius 1 is 1.27 bits per heavy atom. The molecular weight excluding hydrogens is 188 g/mol. The quantitative estimate of drug-likeness (QED) is 0.829. The maximum absolute atomic E-state index is 5.44. The van der Waals surface area contributed by atoms with Crippen molar-refractivity contribution in [1.29, 1.82) is 0 Å². The molecule has 0 aliphatic heterocycles. The van der Waals surface area contributed by atoms with Crippen LogP contribution in [0.3, 0.4) is 0 Å². The zero-order valence-corrected chi connectivity index (χ0v) is 8.73. The average Bonchev–Trinajstić information content (AvgIpc) is 2.68. The van der Waals surface area contributed by atoms with E-state index < -0.39 is 0 Å². The number of nitrogens with two attached hydrogens (primary N) is 1. The van der Waals surface area contributed by atoms with Gasteiger partial charge in [0, 0.05) is 18.1 Å². The second kappa shape index (κ2) is 4.28. The summed E-state index contributed by atoms with van der Waals surface area (Å²) in [6.45, 7) is 2.65. The molecule has 1 heterocycles. The van der Waals surface area contributed by atoms with E-state index in [2.05, 4.69) is 24.2 Å². The molecular formula is C12H14N2O. The summed E-state index contributed by atoms with van der Waals surface area (Å²) >= 11 is 0. The van der Waals surface area contributed by atoms with Crippen LogP contribution in [0, 0.1) is 6.92 Å². The molecule has 0 spiro atoms. The van der Waals surface area contributed by atoms with Gasteiger partial charge in [0.15, 0.2) is 0 Å². The Morgan fingerprint density at radius 3 is 2.67 bits per heavy atom. The molecule has 15 heavy (non-hydrogen) atoms. The molecule has 0 amide bonds. The molecule has 0 saturated heterocycles. The minimum absolute atomic E-state index is 0.586. The number of aromatic nitrogens is 1. The van der Waals surface area contributed by atoms with Crippen molar-refractivity contribution in [2.45, 2.75) is 13.3 Å². The van der Waals surface area contributed by atoms with Gasteiger partial charge in [0.25, 0.3) is 0 Å². The van der Waals surface area contributed by atoms with Gasteiger partial charge in [-0.3, -0.25) is 0 Å². The predicted octanol–water partition coefficient (Wildman–Crippen LogP) is 2.15. The monoisotopic (exact) mass is 202 g/mol. The lowest BCUT2D eigenvalue weighted by Gasteiger charge is -1.95. The summed E-state index contributed by atoms with van der Waals surface area (Å²) in [7, 11) is 0. The molecule has 0 aliphatic rings. The zero-order chi connectivity index (χ0) is 10.7. The maximum atomic E-state index is 5.44. The first-order valence-electron chi connectivity index (χ1n) is 5.02. The molecule has 2 aromatic rings. The second-order valence-corrected chi connectivity index (χ2v) is 3.58. The predicted molar refractivity (Wildman–Crippen MR) is 59.4 cm³/mol. The molecule has 0 fully saturated rings. The largest absolute Gasteiger partial charge is 0.361 e. The van der Waals surface area contributed by atoms with Crippen LogP contribution in [-0.4, -0.2) is 11.7 Å². The van der Waals surface area contributed by atoms with Crippen LogP contribution in [0.5, 0.6) is 0 Å². The number of benzene rings is 1. The van der Waals surface area contributed by atoms with Crippen LogP contribution < -0.4 is 5.73 Å². The molecule has 2 rings (SSSR count). The van der Waals surface area contributed by atoms with E-state index in [1.807, 2.05) is 18.2 Å². The van der Waals surface area contributed by atoms with Crippen molar-refractivity contribution in [2.24, 2.45) is 5.73 Å². The van der Waals surface area contributed by atoms with Gasteiger partial charge >= 0.3 is 0 Å². The first-order chi connectivity index (χ1) is 7.29. The highest BCUT2D eigenvalue weighted by Crippen LogP contribution is 2.19. The van der Waals surface area contributed by atoms with Gasteiger partial charge < -0.3 is 10.3 Å². The van der Waals surface area contributed by atoms with Gasteiger partial charge in [-0.2, -0.15) is 0 Å². The maximum Gasteiger partial charge on any atom is 0.138 e. The first kappa shape index (κ1) is 9.93. The lowest BCUT2D eigenvalue weighted by molar-refractivity contribution is 0.386. The minimum atomic E-state index is 0.586. The fraction of sp³-hybridized carbons (Fsp3) is 0.250. The summed E-state index contributed by atoms with van der Waals surface area (Å²) in [5.74, 6) is 0.841. The molecule has 78 valence electrons. The third-order valence-electron chi connectivity index (χ3n) is 2.30. The van der Waals surface area contributed by atoms with Gasteiger partial charge in [-0.15, -0.1) is 0 Å². The Hall–Kier alpha value is -1.61. The van der Waals surface area contributed by atoms with Crippen LogP contribution in [-0.2, 0) is 6.42 Å². The number of aryl methyl sites for hydroxylation is 1. The third kappa shape index (κ3) is 2.25. The number of rotatable bonds is 3. The summed E-state index contributed by atoms with van der Waals surface area (Å²) in [4.78, 5) is 0. The van der Waals surface area contributed by atoms with Crippen LogP contribution in [0.1, 0.15) is 11.3 Å². The fourth-order valence-corrected chi connectivity index (χ4v) is 1.43. The molecule has 0 aliphatic carbocycles. The van der Waals surface area contributed by atoms with Gasteiger partial charge in [0.05, 0.1) is 0 Å². The standard InChI is InChI=1S/C12H14N2O/c1-9-2-4-10(5-3-9)12-8-11(6-7-13)15-14-12/h2-5,8H,6-7,13H2,1H3.